The number of aromatic nitrogens is 2. The average molecular weight is 427 g/mol. The highest BCUT2D eigenvalue weighted by Gasteiger charge is 2.12. The molecule has 0 radical (unpaired) electrons. The van der Waals surface area contributed by atoms with Crippen molar-refractivity contribution in [2.24, 2.45) is 5.10 Å². The van der Waals surface area contributed by atoms with E-state index >= 15 is 0 Å². The van der Waals surface area contributed by atoms with Gasteiger partial charge in [0, 0.05) is 4.88 Å². The lowest BCUT2D eigenvalue weighted by Gasteiger charge is -2.05. The Morgan fingerprint density at radius 3 is 2.33 bits per heavy atom. The minimum Gasteiger partial charge on any atom is -0.478 e. The second-order valence-corrected chi connectivity index (χ2v) is 8.23. The smallest absolute Gasteiger partial charge is 0.335 e. The van der Waals surface area contributed by atoms with Crippen molar-refractivity contribution in [2.75, 3.05) is 5.43 Å². The number of thiophene rings is 1. The number of nitrogens with one attached hydrogen (secondary N) is 1. The SMILES string of the molecule is C1CCCCC1.Cc1c(CO)sc2c(NN=Cc3ccc(C(=O)O)cc3)ncnc12. The molecule has 0 amide bonds. The minimum atomic E-state index is -0.965. The van der Waals surface area contributed by atoms with E-state index < -0.39 is 5.97 Å². The van der Waals surface area contributed by atoms with Crippen LogP contribution in [0.25, 0.3) is 10.2 Å². The molecule has 8 heteroatoms. The number of hydrogen-bond donors (Lipinski definition) is 3. The number of carboxylic acids is 1. The molecule has 1 aromatic carbocycles. The molecule has 1 fully saturated rings. The summed E-state index contributed by atoms with van der Waals surface area (Å²) in [4.78, 5) is 20.1. The summed E-state index contributed by atoms with van der Waals surface area (Å²) in [7, 11) is 0. The third kappa shape index (κ3) is 5.61. The summed E-state index contributed by atoms with van der Waals surface area (Å²) < 4.78 is 0.831. The molecule has 3 aromatic rings. The number of hydrazone groups is 1. The first-order valence-electron chi connectivity index (χ1n) is 10.1. The van der Waals surface area contributed by atoms with Crippen molar-refractivity contribution in [2.45, 2.75) is 52.1 Å². The van der Waals surface area contributed by atoms with Crippen LogP contribution in [0.15, 0.2) is 35.7 Å². The molecule has 7 nitrogen and oxygen atoms in total. The second kappa shape index (κ2) is 10.8. The van der Waals surface area contributed by atoms with Gasteiger partial charge in [-0.25, -0.2) is 14.8 Å². The minimum absolute atomic E-state index is 0.0362. The van der Waals surface area contributed by atoms with E-state index in [2.05, 4.69) is 20.5 Å². The number of benzene rings is 1. The molecule has 2 heterocycles. The van der Waals surface area contributed by atoms with Crippen LogP contribution in [0.5, 0.6) is 0 Å². The second-order valence-electron chi connectivity index (χ2n) is 7.13. The van der Waals surface area contributed by atoms with Crippen molar-refractivity contribution < 1.29 is 15.0 Å². The Hall–Kier alpha value is -2.84. The molecule has 0 aliphatic heterocycles. The van der Waals surface area contributed by atoms with Gasteiger partial charge < -0.3 is 10.2 Å². The quantitative estimate of drug-likeness (QED) is 0.392. The van der Waals surface area contributed by atoms with Crippen LogP contribution in [0.4, 0.5) is 5.82 Å². The van der Waals surface area contributed by atoms with Crippen LogP contribution < -0.4 is 5.43 Å². The fraction of sp³-hybridized carbons (Fsp3) is 0.364. The molecule has 30 heavy (non-hydrogen) atoms. The van der Waals surface area contributed by atoms with Crippen molar-refractivity contribution in [3.63, 3.8) is 0 Å². The topological polar surface area (TPSA) is 108 Å². The first-order valence-corrected chi connectivity index (χ1v) is 10.9. The lowest BCUT2D eigenvalue weighted by atomic mass is 10.0. The number of anilines is 1. The van der Waals surface area contributed by atoms with Crippen molar-refractivity contribution >= 4 is 39.6 Å². The Labute approximate surface area is 179 Å². The van der Waals surface area contributed by atoms with E-state index in [1.54, 1.807) is 18.3 Å². The largest absolute Gasteiger partial charge is 0.478 e. The molecule has 0 spiro atoms. The molecule has 2 aromatic heterocycles. The van der Waals surface area contributed by atoms with Gasteiger partial charge >= 0.3 is 5.97 Å². The van der Waals surface area contributed by atoms with Crippen LogP contribution in [-0.4, -0.2) is 32.4 Å². The number of aryl methyl sites for hydroxylation is 1. The number of aliphatic hydroxyl groups is 1. The average Bonchev–Trinajstić information content (AvgIpc) is 3.12. The lowest BCUT2D eigenvalue weighted by Crippen LogP contribution is -1.97. The number of aliphatic hydroxyl groups excluding tert-OH is 1. The van der Waals surface area contributed by atoms with Crippen LogP contribution >= 0.6 is 11.3 Å². The van der Waals surface area contributed by atoms with Gasteiger partial charge in [-0.2, -0.15) is 5.10 Å². The first-order chi connectivity index (χ1) is 14.6. The Balaban J connectivity index is 0.000000367. The Bertz CT molecular complexity index is 1000. The summed E-state index contributed by atoms with van der Waals surface area (Å²) in [6.07, 6.45) is 12.0. The predicted octanol–water partition coefficient (Wildman–Crippen LogP) is 4.98. The zero-order valence-electron chi connectivity index (χ0n) is 17.0. The van der Waals surface area contributed by atoms with Crippen LogP contribution in [0, 0.1) is 6.92 Å². The van der Waals surface area contributed by atoms with Crippen molar-refractivity contribution in [3.8, 4) is 0 Å². The van der Waals surface area contributed by atoms with Crippen LogP contribution in [0.3, 0.4) is 0 Å². The predicted molar refractivity (Wildman–Crippen MR) is 120 cm³/mol. The number of hydrogen-bond acceptors (Lipinski definition) is 7. The molecule has 0 saturated heterocycles. The summed E-state index contributed by atoms with van der Waals surface area (Å²) in [5, 5.41) is 22.4. The van der Waals surface area contributed by atoms with E-state index in [0.717, 1.165) is 26.2 Å². The van der Waals surface area contributed by atoms with Crippen LogP contribution in [0.1, 0.15) is 64.9 Å². The standard InChI is InChI=1S/C16H14N4O3S.C6H12/c1-9-12(7-21)24-14-13(9)17-8-18-15(14)20-19-6-10-2-4-11(5-3-10)16(22)23;1-2-4-6-5-3-1/h2-6,8,21H,7H2,1H3,(H,22,23)(H,17,18,20);1-6H2. The van der Waals surface area contributed by atoms with Gasteiger partial charge in [0.05, 0.1) is 28.6 Å². The lowest BCUT2D eigenvalue weighted by molar-refractivity contribution is 0.0697. The molecule has 4 rings (SSSR count). The number of fused-ring (bicyclic) bond motifs is 1. The zero-order chi connectivity index (χ0) is 21.3. The number of aromatic carboxylic acids is 1. The summed E-state index contributed by atoms with van der Waals surface area (Å²) in [6.45, 7) is 1.87. The summed E-state index contributed by atoms with van der Waals surface area (Å²) in [6, 6.07) is 6.37. The van der Waals surface area contributed by atoms with E-state index in [1.807, 2.05) is 6.92 Å². The molecule has 1 aliphatic rings. The molecule has 0 atom stereocenters. The zero-order valence-corrected chi connectivity index (χ0v) is 17.8. The molecule has 158 valence electrons. The van der Waals surface area contributed by atoms with Crippen molar-refractivity contribution in [1.29, 1.82) is 0 Å². The van der Waals surface area contributed by atoms with E-state index in [9.17, 15) is 9.90 Å². The van der Waals surface area contributed by atoms with Gasteiger partial charge in [0.2, 0.25) is 0 Å². The Kier molecular flexibility index (Phi) is 7.87. The maximum Gasteiger partial charge on any atom is 0.335 e. The fourth-order valence-electron chi connectivity index (χ4n) is 3.24. The third-order valence-corrected chi connectivity index (χ3v) is 6.26. The van der Waals surface area contributed by atoms with Gasteiger partial charge in [-0.1, -0.05) is 50.7 Å². The van der Waals surface area contributed by atoms with Crippen LogP contribution in [0.2, 0.25) is 0 Å². The highest BCUT2D eigenvalue weighted by molar-refractivity contribution is 7.19. The van der Waals surface area contributed by atoms with Gasteiger partial charge in [-0.05, 0) is 30.2 Å². The van der Waals surface area contributed by atoms with E-state index in [4.69, 9.17) is 5.11 Å². The van der Waals surface area contributed by atoms with E-state index in [0.29, 0.717) is 5.82 Å². The number of carboxylic acid groups (broad SMARTS) is 1. The Morgan fingerprint density at radius 2 is 1.77 bits per heavy atom. The molecule has 0 bridgehead atoms. The van der Waals surface area contributed by atoms with Gasteiger partial charge in [-0.15, -0.1) is 11.3 Å². The van der Waals surface area contributed by atoms with Crippen molar-refractivity contribution in [1.82, 2.24) is 9.97 Å². The summed E-state index contributed by atoms with van der Waals surface area (Å²) in [5.41, 5.74) is 5.59. The highest BCUT2D eigenvalue weighted by atomic mass is 32.1. The normalized spacial score (nSPS) is 13.8. The van der Waals surface area contributed by atoms with E-state index in [1.165, 1.54) is 68.3 Å². The number of carbonyl (C=O) groups is 1. The number of nitrogens with zero attached hydrogens (tertiary/aromatic N) is 3. The van der Waals surface area contributed by atoms with Gasteiger partial charge in [0.25, 0.3) is 0 Å². The molecular weight excluding hydrogens is 400 g/mol. The Morgan fingerprint density at radius 1 is 1.13 bits per heavy atom. The van der Waals surface area contributed by atoms with Gasteiger partial charge in [-0.3, -0.25) is 5.43 Å². The van der Waals surface area contributed by atoms with Gasteiger partial charge in [0.1, 0.15) is 6.33 Å². The molecule has 1 saturated carbocycles. The third-order valence-electron chi connectivity index (χ3n) is 4.99. The van der Waals surface area contributed by atoms with Gasteiger partial charge in [0.15, 0.2) is 5.82 Å². The molecule has 1 aliphatic carbocycles. The number of rotatable bonds is 5. The van der Waals surface area contributed by atoms with E-state index in [-0.39, 0.29) is 12.2 Å². The fourth-order valence-corrected chi connectivity index (χ4v) is 4.30. The molecule has 3 N–H and O–H groups in total. The van der Waals surface area contributed by atoms with Crippen LogP contribution in [-0.2, 0) is 6.61 Å². The maximum atomic E-state index is 10.8. The summed E-state index contributed by atoms with van der Waals surface area (Å²) >= 11 is 1.43. The highest BCUT2D eigenvalue weighted by Crippen LogP contribution is 2.33. The van der Waals surface area contributed by atoms with Crippen molar-refractivity contribution in [3.05, 3.63) is 52.2 Å². The molecule has 0 unspecified atom stereocenters. The first kappa shape index (κ1) is 21.9. The monoisotopic (exact) mass is 426 g/mol. The molecular formula is C22H26N4O3S. The maximum absolute atomic E-state index is 10.8. The summed E-state index contributed by atoms with van der Waals surface area (Å²) in [5.74, 6) is -0.404.